The predicted octanol–water partition coefficient (Wildman–Crippen LogP) is 4.31. The molecule has 0 amide bonds. The molecular formula is C17H15O4P. The minimum atomic E-state index is -4.15. The van der Waals surface area contributed by atoms with Crippen LogP contribution in [-0.4, -0.2) is 16.9 Å². The Morgan fingerprint density at radius 1 is 0.727 bits per heavy atom. The maximum absolute atomic E-state index is 9.47. The summed E-state index contributed by atoms with van der Waals surface area (Å²) in [4.78, 5) is 15.4. The maximum Gasteiger partial charge on any atom is 0.469 e. The van der Waals surface area contributed by atoms with Crippen LogP contribution < -0.4 is 0 Å². The van der Waals surface area contributed by atoms with Gasteiger partial charge in [-0.05, 0) is 32.3 Å². The van der Waals surface area contributed by atoms with Gasteiger partial charge in [0.15, 0.2) is 0 Å². The Morgan fingerprint density at radius 3 is 1.23 bits per heavy atom. The van der Waals surface area contributed by atoms with Crippen molar-refractivity contribution in [3.05, 3.63) is 60.7 Å². The van der Waals surface area contributed by atoms with Gasteiger partial charge in [-0.1, -0.05) is 60.7 Å². The van der Waals surface area contributed by atoms with Crippen LogP contribution >= 0.6 is 7.82 Å². The Morgan fingerprint density at radius 2 is 1.00 bits per heavy atom. The van der Waals surface area contributed by atoms with Crippen LogP contribution in [-0.2, 0) is 9.09 Å². The van der Waals surface area contributed by atoms with Crippen molar-refractivity contribution in [1.82, 2.24) is 0 Å². The van der Waals surface area contributed by atoms with E-state index in [1.54, 1.807) is 0 Å². The van der Waals surface area contributed by atoms with Crippen molar-refractivity contribution >= 4 is 40.1 Å². The highest BCUT2D eigenvalue weighted by molar-refractivity contribution is 7.46. The highest BCUT2D eigenvalue weighted by atomic mass is 31.2. The zero-order chi connectivity index (χ0) is 15.7. The Balaban J connectivity index is 0.000000209. The first-order chi connectivity index (χ1) is 10.5. The largest absolute Gasteiger partial charge is 0.469 e. The van der Waals surface area contributed by atoms with Crippen molar-refractivity contribution in [2.75, 3.05) is 7.11 Å². The lowest BCUT2D eigenvalue weighted by Gasteiger charge is -2.09. The molecule has 4 nitrogen and oxygen atoms in total. The molecular weight excluding hydrogens is 299 g/mol. The molecule has 112 valence electrons. The van der Waals surface area contributed by atoms with Gasteiger partial charge in [0.25, 0.3) is 0 Å². The lowest BCUT2D eigenvalue weighted by atomic mass is 9.95. The summed E-state index contributed by atoms with van der Waals surface area (Å²) in [7, 11) is -3.20. The van der Waals surface area contributed by atoms with E-state index >= 15 is 0 Å². The van der Waals surface area contributed by atoms with Gasteiger partial charge in [0.1, 0.15) is 0 Å². The minimum absolute atomic E-state index is 0.945. The molecule has 0 aliphatic heterocycles. The number of hydrogen-bond donors (Lipinski definition) is 2. The van der Waals surface area contributed by atoms with Gasteiger partial charge in [-0.25, -0.2) is 4.57 Å². The molecule has 0 aliphatic carbocycles. The van der Waals surface area contributed by atoms with Gasteiger partial charge < -0.3 is 9.79 Å². The van der Waals surface area contributed by atoms with E-state index in [1.807, 2.05) is 0 Å². The molecule has 0 aromatic heterocycles. The summed E-state index contributed by atoms with van der Waals surface area (Å²) >= 11 is 0. The van der Waals surface area contributed by atoms with Gasteiger partial charge in [0, 0.05) is 7.11 Å². The van der Waals surface area contributed by atoms with Crippen LogP contribution in [0.25, 0.3) is 32.3 Å². The summed E-state index contributed by atoms with van der Waals surface area (Å²) in [6.07, 6.45) is 0. The smallest absolute Gasteiger partial charge is 0.303 e. The van der Waals surface area contributed by atoms with E-state index in [4.69, 9.17) is 9.79 Å². The topological polar surface area (TPSA) is 66.8 Å². The number of rotatable bonds is 1. The van der Waals surface area contributed by atoms with Crippen molar-refractivity contribution in [2.24, 2.45) is 0 Å². The first kappa shape index (κ1) is 14.9. The van der Waals surface area contributed by atoms with E-state index in [-0.39, 0.29) is 0 Å². The van der Waals surface area contributed by atoms with Crippen molar-refractivity contribution in [3.63, 3.8) is 0 Å². The van der Waals surface area contributed by atoms with E-state index in [9.17, 15) is 4.57 Å². The average molecular weight is 314 g/mol. The maximum atomic E-state index is 9.47. The van der Waals surface area contributed by atoms with Gasteiger partial charge in [0.05, 0.1) is 0 Å². The second-order valence-corrected chi connectivity index (χ2v) is 6.31. The van der Waals surface area contributed by atoms with Crippen molar-refractivity contribution < 1.29 is 18.9 Å². The molecule has 2 N–H and O–H groups in total. The molecule has 0 radical (unpaired) electrons. The van der Waals surface area contributed by atoms with E-state index in [0.29, 0.717) is 0 Å². The molecule has 0 unspecified atom stereocenters. The molecule has 4 aromatic carbocycles. The van der Waals surface area contributed by atoms with Crippen LogP contribution in [0.2, 0.25) is 0 Å². The van der Waals surface area contributed by atoms with Crippen molar-refractivity contribution in [2.45, 2.75) is 0 Å². The molecule has 0 heterocycles. The SMILES string of the molecule is COP(=O)(O)O.c1cc2ccc3cccc4ccc(c1)c2c34. The number of benzene rings is 4. The van der Waals surface area contributed by atoms with Crippen LogP contribution in [0.3, 0.4) is 0 Å². The summed E-state index contributed by atoms with van der Waals surface area (Å²) in [5, 5.41) is 8.14. The zero-order valence-corrected chi connectivity index (χ0v) is 12.8. The molecule has 22 heavy (non-hydrogen) atoms. The summed E-state index contributed by atoms with van der Waals surface area (Å²) in [5.41, 5.74) is 0. The Bertz CT molecular complexity index is 844. The molecule has 0 atom stereocenters. The van der Waals surface area contributed by atoms with Gasteiger partial charge in [-0.15, -0.1) is 0 Å². The average Bonchev–Trinajstić information content (AvgIpc) is 2.53. The third-order valence-electron chi connectivity index (χ3n) is 3.63. The normalized spacial score (nSPS) is 11.8. The van der Waals surface area contributed by atoms with Crippen LogP contribution in [0.15, 0.2) is 60.7 Å². The molecule has 4 aromatic rings. The quantitative estimate of drug-likeness (QED) is 0.406. The fraction of sp³-hybridized carbons (Fsp3) is 0.0588. The standard InChI is InChI=1S/C16H10.CH5O4P/c1-3-11-7-9-13-5-2-6-14-10-8-12(4-1)15(11)16(13)14;1-5-6(2,3)4/h1-10H;1H3,(H2,2,3,4). The first-order valence-corrected chi connectivity index (χ1v) is 8.26. The molecule has 0 aliphatic rings. The lowest BCUT2D eigenvalue weighted by Crippen LogP contribution is -1.82. The fourth-order valence-corrected chi connectivity index (χ4v) is 2.67. The van der Waals surface area contributed by atoms with Crippen LogP contribution in [0.5, 0.6) is 0 Å². The van der Waals surface area contributed by atoms with Crippen LogP contribution in [0.4, 0.5) is 0 Å². The summed E-state index contributed by atoms with van der Waals surface area (Å²) < 4.78 is 13.1. The van der Waals surface area contributed by atoms with E-state index in [1.165, 1.54) is 32.3 Å². The number of phosphoric ester groups is 1. The molecule has 4 rings (SSSR count). The zero-order valence-electron chi connectivity index (χ0n) is 11.9. The monoisotopic (exact) mass is 314 g/mol. The van der Waals surface area contributed by atoms with Gasteiger partial charge in [-0.2, -0.15) is 0 Å². The number of phosphoric acid groups is 1. The molecule has 0 bridgehead atoms. The summed E-state index contributed by atoms with van der Waals surface area (Å²) in [6, 6.07) is 21.9. The second-order valence-electron chi connectivity index (χ2n) is 4.96. The molecule has 0 fully saturated rings. The van der Waals surface area contributed by atoms with Crippen molar-refractivity contribution in [3.8, 4) is 0 Å². The van der Waals surface area contributed by atoms with Gasteiger partial charge in [0.2, 0.25) is 0 Å². The highest BCUT2D eigenvalue weighted by Crippen LogP contribution is 2.34. The molecule has 0 saturated heterocycles. The number of hydrogen-bond acceptors (Lipinski definition) is 2. The van der Waals surface area contributed by atoms with E-state index in [0.717, 1.165) is 7.11 Å². The highest BCUT2D eigenvalue weighted by Gasteiger charge is 2.07. The van der Waals surface area contributed by atoms with E-state index in [2.05, 4.69) is 65.2 Å². The van der Waals surface area contributed by atoms with Gasteiger partial charge >= 0.3 is 7.82 Å². The minimum Gasteiger partial charge on any atom is -0.303 e. The Kier molecular flexibility index (Phi) is 3.85. The third kappa shape index (κ3) is 2.82. The first-order valence-electron chi connectivity index (χ1n) is 6.73. The molecule has 5 heteroatoms. The Labute approximate surface area is 127 Å². The van der Waals surface area contributed by atoms with Crippen molar-refractivity contribution in [1.29, 1.82) is 0 Å². The molecule has 0 saturated carbocycles. The second kappa shape index (κ2) is 5.67. The van der Waals surface area contributed by atoms with Crippen LogP contribution in [0.1, 0.15) is 0 Å². The van der Waals surface area contributed by atoms with E-state index < -0.39 is 7.82 Å². The Hall–Kier alpha value is -1.97. The molecule has 0 spiro atoms. The summed E-state index contributed by atoms with van der Waals surface area (Å²) in [6.45, 7) is 0. The third-order valence-corrected chi connectivity index (χ3v) is 4.11. The van der Waals surface area contributed by atoms with Crippen LogP contribution in [0, 0.1) is 0 Å². The predicted molar refractivity (Wildman–Crippen MR) is 89.2 cm³/mol. The fourth-order valence-electron chi connectivity index (χ4n) is 2.67. The van der Waals surface area contributed by atoms with Gasteiger partial charge in [-0.3, -0.25) is 4.52 Å². The summed E-state index contributed by atoms with van der Waals surface area (Å²) in [5.74, 6) is 0. The lowest BCUT2D eigenvalue weighted by molar-refractivity contribution is 0.235.